The summed E-state index contributed by atoms with van der Waals surface area (Å²) in [6.07, 6.45) is 2.09. The minimum absolute atomic E-state index is 0.0906. The van der Waals surface area contributed by atoms with Crippen LogP contribution in [-0.4, -0.2) is 35.4 Å². The van der Waals surface area contributed by atoms with E-state index in [4.69, 9.17) is 0 Å². The highest BCUT2D eigenvalue weighted by atomic mass is 32.2. The van der Waals surface area contributed by atoms with Crippen molar-refractivity contribution in [2.24, 2.45) is 0 Å². The number of hydrogen-bond donors (Lipinski definition) is 0. The molecule has 4 rings (SSSR count). The van der Waals surface area contributed by atoms with Crippen LogP contribution in [0.3, 0.4) is 0 Å². The van der Waals surface area contributed by atoms with Crippen molar-refractivity contribution in [3.05, 3.63) is 119 Å². The molecule has 0 spiro atoms. The van der Waals surface area contributed by atoms with E-state index >= 15 is 0 Å². The van der Waals surface area contributed by atoms with Crippen LogP contribution in [0.15, 0.2) is 117 Å². The minimum Gasteiger partial charge on any atom is -0.245 e. The van der Waals surface area contributed by atoms with Crippen LogP contribution in [0.25, 0.3) is 0 Å². The van der Waals surface area contributed by atoms with Crippen LogP contribution in [0.1, 0.15) is 22.3 Å². The van der Waals surface area contributed by atoms with Crippen molar-refractivity contribution in [2.75, 3.05) is 6.26 Å². The van der Waals surface area contributed by atoms with E-state index in [9.17, 15) is 52.1 Å². The zero-order valence-corrected chi connectivity index (χ0v) is 29.3. The summed E-state index contributed by atoms with van der Waals surface area (Å²) >= 11 is 1.69. The molecule has 0 saturated carbocycles. The predicted octanol–water partition coefficient (Wildman–Crippen LogP) is 11.2. The molecule has 0 bridgehead atoms. The van der Waals surface area contributed by atoms with Gasteiger partial charge < -0.3 is 0 Å². The summed E-state index contributed by atoms with van der Waals surface area (Å²) in [5.74, 6) is 0. The third-order valence-corrected chi connectivity index (χ3v) is 9.70. The number of thioether (sulfide) groups is 2. The van der Waals surface area contributed by atoms with E-state index in [2.05, 4.69) is 37.4 Å². The normalized spacial score (nSPS) is 12.3. The summed E-state index contributed by atoms with van der Waals surface area (Å²) in [5, 5.41) is 0. The lowest BCUT2D eigenvalue weighted by Crippen LogP contribution is -2.23. The van der Waals surface area contributed by atoms with Crippen LogP contribution in [-0.2, 0) is 20.6 Å². The van der Waals surface area contributed by atoms with E-state index in [0.29, 0.717) is 5.56 Å². The van der Waals surface area contributed by atoms with E-state index < -0.39 is 42.1 Å². The van der Waals surface area contributed by atoms with E-state index in [1.165, 1.54) is 59.0 Å². The second-order valence-electron chi connectivity index (χ2n) is 9.67. The SMILES string of the molecule is CSc1ccc(C)cc1.Cc1ccc(S(=O)(=O)C(F)(F)F)cc1.Cc1ccc(S(=O)C(F)(F)F)cc1.Cc1ccc(SC(F)(F)F)cc1. The molecule has 4 aromatic carbocycles. The predicted molar refractivity (Wildman–Crippen MR) is 174 cm³/mol. The van der Waals surface area contributed by atoms with Gasteiger partial charge in [0.25, 0.3) is 9.84 Å². The molecule has 0 heterocycles. The summed E-state index contributed by atoms with van der Waals surface area (Å²) in [6, 6.07) is 24.8. The summed E-state index contributed by atoms with van der Waals surface area (Å²) < 4.78 is 140. The Morgan fingerprint density at radius 3 is 1.19 bits per heavy atom. The summed E-state index contributed by atoms with van der Waals surface area (Å²) in [4.78, 5) is 0.627. The molecule has 264 valence electrons. The maximum Gasteiger partial charge on any atom is 0.501 e. The average molecular weight is 763 g/mol. The van der Waals surface area contributed by atoms with E-state index in [0.717, 1.165) is 23.3 Å². The smallest absolute Gasteiger partial charge is 0.245 e. The van der Waals surface area contributed by atoms with Crippen LogP contribution >= 0.6 is 23.5 Å². The highest BCUT2D eigenvalue weighted by Gasteiger charge is 2.46. The van der Waals surface area contributed by atoms with E-state index in [-0.39, 0.29) is 21.6 Å². The highest BCUT2D eigenvalue weighted by Crippen LogP contribution is 2.36. The Kier molecular flexibility index (Phi) is 16.8. The molecule has 0 fully saturated rings. The van der Waals surface area contributed by atoms with Gasteiger partial charge in [-0.25, -0.2) is 12.6 Å². The Labute approximate surface area is 284 Å². The van der Waals surface area contributed by atoms with Crippen molar-refractivity contribution in [3.8, 4) is 0 Å². The molecule has 4 aromatic rings. The van der Waals surface area contributed by atoms with Gasteiger partial charge in [0.2, 0.25) is 0 Å². The molecule has 0 amide bonds. The molecule has 0 aliphatic rings. The molecule has 3 nitrogen and oxygen atoms in total. The van der Waals surface area contributed by atoms with Gasteiger partial charge in [0, 0.05) is 14.7 Å². The number of benzene rings is 4. The Morgan fingerprint density at radius 2 is 0.875 bits per heavy atom. The zero-order chi connectivity index (χ0) is 36.9. The van der Waals surface area contributed by atoms with Crippen molar-refractivity contribution >= 4 is 44.2 Å². The molecule has 0 aliphatic heterocycles. The molecular weight excluding hydrogens is 732 g/mol. The second kappa shape index (κ2) is 18.7. The fourth-order valence-electron chi connectivity index (χ4n) is 3.06. The first-order chi connectivity index (χ1) is 22.0. The lowest BCUT2D eigenvalue weighted by atomic mass is 10.2. The fourth-order valence-corrected chi connectivity index (χ4v) is 5.42. The topological polar surface area (TPSA) is 51.2 Å². The van der Waals surface area contributed by atoms with Gasteiger partial charge in [0.1, 0.15) is 0 Å². The van der Waals surface area contributed by atoms with Crippen molar-refractivity contribution in [2.45, 2.75) is 63.8 Å². The van der Waals surface area contributed by atoms with Crippen LogP contribution in [0.2, 0.25) is 0 Å². The number of hydrogen-bond acceptors (Lipinski definition) is 5. The third-order valence-electron chi connectivity index (χ3n) is 5.59. The Hall–Kier alpha value is -2.95. The van der Waals surface area contributed by atoms with Gasteiger partial charge in [-0.1, -0.05) is 70.8 Å². The molecule has 0 radical (unpaired) electrons. The maximum absolute atomic E-state index is 12.0. The molecule has 1 unspecified atom stereocenters. The molecule has 0 aromatic heterocycles. The Morgan fingerprint density at radius 1 is 0.542 bits per heavy atom. The standard InChI is InChI=1S/C8H7F3O2S.C8H7F3OS.C8H7F3S.C8H10S/c1-6-2-4-7(5-3-6)14(12,13)8(9,10)11;1-6-2-4-7(5-3-6)13(12)8(9,10)11;1-6-2-4-7(5-3-6)12-8(9,10)11;1-7-3-5-8(9-2)6-4-7/h2-5H,1H3;2-5H,1H3;2-5H,1H3;3-6H,1-2H3. The van der Waals surface area contributed by atoms with Crippen LogP contribution in [0.4, 0.5) is 39.5 Å². The van der Waals surface area contributed by atoms with Crippen LogP contribution in [0, 0.1) is 27.7 Å². The number of alkyl halides is 9. The van der Waals surface area contributed by atoms with Gasteiger partial charge in [-0.05, 0) is 94.2 Å². The first-order valence-electron chi connectivity index (χ1n) is 13.3. The van der Waals surface area contributed by atoms with E-state index in [1.54, 1.807) is 37.7 Å². The van der Waals surface area contributed by atoms with Gasteiger partial charge in [-0.3, -0.25) is 0 Å². The quantitative estimate of drug-likeness (QED) is 0.153. The molecule has 0 saturated heterocycles. The summed E-state index contributed by atoms with van der Waals surface area (Å²) in [6.45, 7) is 7.34. The summed E-state index contributed by atoms with van der Waals surface area (Å²) in [7, 11) is -8.10. The first-order valence-corrected chi connectivity index (χ1v) is 18.0. The van der Waals surface area contributed by atoms with Gasteiger partial charge in [-0.2, -0.15) is 39.5 Å². The monoisotopic (exact) mass is 762 g/mol. The van der Waals surface area contributed by atoms with E-state index in [1.807, 2.05) is 6.92 Å². The molecule has 16 heteroatoms. The van der Waals surface area contributed by atoms with Crippen LogP contribution < -0.4 is 0 Å². The maximum atomic E-state index is 12.0. The van der Waals surface area contributed by atoms with Crippen molar-refractivity contribution in [3.63, 3.8) is 0 Å². The fraction of sp³-hybridized carbons (Fsp3) is 0.250. The molecule has 0 aliphatic carbocycles. The lowest BCUT2D eigenvalue weighted by molar-refractivity contribution is -0.0437. The zero-order valence-electron chi connectivity index (χ0n) is 26.0. The van der Waals surface area contributed by atoms with Gasteiger partial charge in [-0.15, -0.1) is 11.8 Å². The average Bonchev–Trinajstić information content (AvgIpc) is 2.98. The van der Waals surface area contributed by atoms with Crippen molar-refractivity contribution < 1.29 is 52.1 Å². The van der Waals surface area contributed by atoms with Gasteiger partial charge >= 0.3 is 16.5 Å². The van der Waals surface area contributed by atoms with Gasteiger partial charge in [0.15, 0.2) is 10.8 Å². The minimum atomic E-state index is -5.23. The molecule has 0 N–H and O–H groups in total. The number of sulfone groups is 1. The van der Waals surface area contributed by atoms with Gasteiger partial charge in [0.05, 0.1) is 4.90 Å². The molecule has 48 heavy (non-hydrogen) atoms. The number of halogens is 9. The largest absolute Gasteiger partial charge is 0.501 e. The lowest BCUT2D eigenvalue weighted by Gasteiger charge is -2.07. The highest BCUT2D eigenvalue weighted by molar-refractivity contribution is 8.00. The van der Waals surface area contributed by atoms with Crippen molar-refractivity contribution in [1.29, 1.82) is 0 Å². The Bertz CT molecular complexity index is 1670. The molecule has 1 atom stereocenters. The van der Waals surface area contributed by atoms with Crippen LogP contribution in [0.5, 0.6) is 0 Å². The first kappa shape index (κ1) is 43.1. The summed E-state index contributed by atoms with van der Waals surface area (Å²) in [5.41, 5.74) is -10.3. The second-order valence-corrected chi connectivity index (χ2v) is 15.1. The number of aryl methyl sites for hydroxylation is 4. The number of rotatable bonds is 4. The third kappa shape index (κ3) is 16.0. The molecular formula is C32H31F9O3S4. The van der Waals surface area contributed by atoms with Crippen molar-refractivity contribution in [1.82, 2.24) is 0 Å². The Balaban J connectivity index is 0.000000323.